The van der Waals surface area contributed by atoms with E-state index in [-0.39, 0.29) is 24.7 Å². The highest BCUT2D eigenvalue weighted by Gasteiger charge is 2.29. The van der Waals surface area contributed by atoms with Crippen LogP contribution in [0.3, 0.4) is 0 Å². The fraction of sp³-hybridized carbons (Fsp3) is 0.833. The van der Waals surface area contributed by atoms with Gasteiger partial charge in [-0.15, -0.1) is 0 Å². The Bertz CT molecular complexity index is 429. The van der Waals surface area contributed by atoms with Gasteiger partial charge in [-0.25, -0.2) is 4.79 Å². The third-order valence-corrected chi connectivity index (χ3v) is 4.91. The van der Waals surface area contributed by atoms with E-state index in [0.29, 0.717) is 5.92 Å². The maximum atomic E-state index is 12.3. The van der Waals surface area contributed by atoms with E-state index in [1.54, 1.807) is 0 Å². The van der Waals surface area contributed by atoms with Gasteiger partial charge < -0.3 is 16.2 Å². The second-order valence-corrected chi connectivity index (χ2v) is 7.45. The molecule has 0 spiro atoms. The minimum atomic E-state index is -1.12. The molecule has 0 heterocycles. The van der Waals surface area contributed by atoms with Crippen molar-refractivity contribution in [3.63, 3.8) is 0 Å². The molecule has 0 aromatic heterocycles. The predicted molar refractivity (Wildman–Crippen MR) is 92.1 cm³/mol. The van der Waals surface area contributed by atoms with Crippen molar-refractivity contribution >= 4 is 17.8 Å². The van der Waals surface area contributed by atoms with Gasteiger partial charge in [0, 0.05) is 12.3 Å². The second kappa shape index (κ2) is 10.3. The topological polar surface area (TPSA) is 109 Å². The zero-order chi connectivity index (χ0) is 18.1. The van der Waals surface area contributed by atoms with E-state index >= 15 is 0 Å². The SMILES string of the molecule is CC(C)CCCC1CCC(C(=O)N[C@@H](CCC(N)=O)C(=O)O)CC1. The molecular weight excluding hydrogens is 308 g/mol. The van der Waals surface area contributed by atoms with Crippen LogP contribution in [0.1, 0.15) is 71.6 Å². The minimum Gasteiger partial charge on any atom is -0.480 e. The summed E-state index contributed by atoms with van der Waals surface area (Å²) < 4.78 is 0. The average Bonchev–Trinajstić information content (AvgIpc) is 2.51. The van der Waals surface area contributed by atoms with Crippen molar-refractivity contribution in [2.45, 2.75) is 77.7 Å². The maximum absolute atomic E-state index is 12.3. The first-order valence-corrected chi connectivity index (χ1v) is 9.11. The van der Waals surface area contributed by atoms with Crippen LogP contribution in [0.2, 0.25) is 0 Å². The number of carboxylic acid groups (broad SMARTS) is 1. The number of amides is 2. The Morgan fingerprint density at radius 3 is 2.25 bits per heavy atom. The van der Waals surface area contributed by atoms with Gasteiger partial charge in [0.05, 0.1) is 0 Å². The highest BCUT2D eigenvalue weighted by molar-refractivity contribution is 5.85. The van der Waals surface area contributed by atoms with Gasteiger partial charge in [-0.1, -0.05) is 33.1 Å². The number of carboxylic acids is 1. The van der Waals surface area contributed by atoms with E-state index in [2.05, 4.69) is 19.2 Å². The van der Waals surface area contributed by atoms with Gasteiger partial charge >= 0.3 is 5.97 Å². The molecule has 0 radical (unpaired) electrons. The summed E-state index contributed by atoms with van der Waals surface area (Å²) in [7, 11) is 0. The molecule has 0 unspecified atom stereocenters. The van der Waals surface area contributed by atoms with Crippen LogP contribution in [0, 0.1) is 17.8 Å². The van der Waals surface area contributed by atoms with Gasteiger partial charge in [-0.3, -0.25) is 9.59 Å². The number of nitrogens with one attached hydrogen (secondary N) is 1. The number of primary amides is 1. The summed E-state index contributed by atoms with van der Waals surface area (Å²) in [6, 6.07) is -1.03. The number of carbonyl (C=O) groups is 3. The molecule has 0 aromatic rings. The fourth-order valence-corrected chi connectivity index (χ4v) is 3.36. The van der Waals surface area contributed by atoms with Gasteiger partial charge in [-0.05, 0) is 43.9 Å². The van der Waals surface area contributed by atoms with Crippen LogP contribution in [0.15, 0.2) is 0 Å². The van der Waals surface area contributed by atoms with E-state index in [0.717, 1.165) is 31.6 Å². The Kier molecular flexibility index (Phi) is 8.79. The third kappa shape index (κ3) is 7.79. The van der Waals surface area contributed by atoms with E-state index < -0.39 is 17.9 Å². The number of carbonyl (C=O) groups excluding carboxylic acids is 2. The first-order chi connectivity index (χ1) is 11.3. The van der Waals surface area contributed by atoms with Crippen molar-refractivity contribution in [1.82, 2.24) is 5.32 Å². The Hall–Kier alpha value is -1.59. The second-order valence-electron chi connectivity index (χ2n) is 7.45. The Morgan fingerprint density at radius 1 is 1.12 bits per heavy atom. The van der Waals surface area contributed by atoms with Crippen LogP contribution in [-0.2, 0) is 14.4 Å². The van der Waals surface area contributed by atoms with Crippen molar-refractivity contribution < 1.29 is 19.5 Å². The quantitative estimate of drug-likeness (QED) is 0.567. The lowest BCUT2D eigenvalue weighted by atomic mass is 9.79. The summed E-state index contributed by atoms with van der Waals surface area (Å²) in [5, 5.41) is 11.7. The van der Waals surface area contributed by atoms with E-state index in [1.165, 1.54) is 19.3 Å². The third-order valence-electron chi connectivity index (χ3n) is 4.91. The number of nitrogens with two attached hydrogens (primary N) is 1. The smallest absolute Gasteiger partial charge is 0.326 e. The summed E-state index contributed by atoms with van der Waals surface area (Å²) >= 11 is 0. The lowest BCUT2D eigenvalue weighted by Crippen LogP contribution is -2.44. The molecule has 1 fully saturated rings. The van der Waals surface area contributed by atoms with Crippen LogP contribution in [-0.4, -0.2) is 28.9 Å². The van der Waals surface area contributed by atoms with Crippen LogP contribution >= 0.6 is 0 Å². The number of rotatable bonds is 10. The molecule has 4 N–H and O–H groups in total. The monoisotopic (exact) mass is 340 g/mol. The lowest BCUT2D eigenvalue weighted by Gasteiger charge is -2.28. The lowest BCUT2D eigenvalue weighted by molar-refractivity contribution is -0.143. The van der Waals surface area contributed by atoms with Crippen LogP contribution in [0.25, 0.3) is 0 Å². The van der Waals surface area contributed by atoms with E-state index in [4.69, 9.17) is 10.8 Å². The molecule has 0 saturated heterocycles. The first kappa shape index (κ1) is 20.5. The minimum absolute atomic E-state index is 0.0418. The number of aliphatic carboxylic acids is 1. The van der Waals surface area contributed by atoms with E-state index in [1.807, 2.05) is 0 Å². The fourth-order valence-electron chi connectivity index (χ4n) is 3.36. The van der Waals surface area contributed by atoms with Gasteiger partial charge in [0.1, 0.15) is 6.04 Å². The summed E-state index contributed by atoms with van der Waals surface area (Å²) in [4.78, 5) is 34.3. The molecule has 138 valence electrons. The Morgan fingerprint density at radius 2 is 1.75 bits per heavy atom. The highest BCUT2D eigenvalue weighted by Crippen LogP contribution is 2.32. The van der Waals surface area contributed by atoms with Gasteiger partial charge in [-0.2, -0.15) is 0 Å². The van der Waals surface area contributed by atoms with Crippen LogP contribution < -0.4 is 11.1 Å². The molecule has 24 heavy (non-hydrogen) atoms. The molecule has 6 heteroatoms. The van der Waals surface area contributed by atoms with Gasteiger partial charge in [0.25, 0.3) is 0 Å². The average molecular weight is 340 g/mol. The number of hydrogen-bond donors (Lipinski definition) is 3. The molecule has 0 aromatic carbocycles. The molecular formula is C18H32N2O4. The maximum Gasteiger partial charge on any atom is 0.326 e. The van der Waals surface area contributed by atoms with Gasteiger partial charge in [0.15, 0.2) is 0 Å². The van der Waals surface area contributed by atoms with Crippen molar-refractivity contribution in [1.29, 1.82) is 0 Å². The molecule has 0 aliphatic heterocycles. The van der Waals surface area contributed by atoms with Gasteiger partial charge in [0.2, 0.25) is 11.8 Å². The van der Waals surface area contributed by atoms with E-state index in [9.17, 15) is 14.4 Å². The van der Waals surface area contributed by atoms with Crippen molar-refractivity contribution in [3.05, 3.63) is 0 Å². The summed E-state index contributed by atoms with van der Waals surface area (Å²) in [5.41, 5.74) is 5.04. The molecule has 6 nitrogen and oxygen atoms in total. The van der Waals surface area contributed by atoms with Crippen LogP contribution in [0.5, 0.6) is 0 Å². The summed E-state index contributed by atoms with van der Waals surface area (Å²) in [6.07, 6.45) is 7.43. The van der Waals surface area contributed by atoms with Crippen molar-refractivity contribution in [2.24, 2.45) is 23.5 Å². The van der Waals surface area contributed by atoms with Crippen LogP contribution in [0.4, 0.5) is 0 Å². The normalized spacial score (nSPS) is 22.1. The zero-order valence-corrected chi connectivity index (χ0v) is 14.9. The molecule has 0 bridgehead atoms. The standard InChI is InChI=1S/C18H32N2O4/c1-12(2)4-3-5-13-6-8-14(9-7-13)17(22)20-15(18(23)24)10-11-16(19)21/h12-15H,3-11H2,1-2H3,(H2,19,21)(H,20,22)(H,23,24)/t13?,14?,15-/m0/s1. The Balaban J connectivity index is 2.35. The van der Waals surface area contributed by atoms with Crippen molar-refractivity contribution in [3.8, 4) is 0 Å². The summed E-state index contributed by atoms with van der Waals surface area (Å²) in [5.74, 6) is -0.558. The van der Waals surface area contributed by atoms with Crippen molar-refractivity contribution in [2.75, 3.05) is 0 Å². The molecule has 1 saturated carbocycles. The summed E-state index contributed by atoms with van der Waals surface area (Å²) in [6.45, 7) is 4.47. The zero-order valence-electron chi connectivity index (χ0n) is 14.9. The highest BCUT2D eigenvalue weighted by atomic mass is 16.4. The molecule has 1 rings (SSSR count). The molecule has 1 aliphatic rings. The largest absolute Gasteiger partial charge is 0.480 e. The molecule has 1 aliphatic carbocycles. The molecule has 2 amide bonds. The predicted octanol–water partition coefficient (Wildman–Crippen LogP) is 2.45. The number of hydrogen-bond acceptors (Lipinski definition) is 3. The Labute approximate surface area is 144 Å². The molecule has 1 atom stereocenters. The first-order valence-electron chi connectivity index (χ1n) is 9.11.